The van der Waals surface area contributed by atoms with Crippen LogP contribution in [0.2, 0.25) is 0 Å². The van der Waals surface area contributed by atoms with Gasteiger partial charge >= 0.3 is 0 Å². The first-order valence-electron chi connectivity index (χ1n) is 8.30. The first kappa shape index (κ1) is 16.4. The lowest BCUT2D eigenvalue weighted by Gasteiger charge is -2.37. The van der Waals surface area contributed by atoms with Crippen molar-refractivity contribution in [2.45, 2.75) is 57.1 Å². The molecule has 0 aromatic heterocycles. The number of benzene rings is 1. The lowest BCUT2D eigenvalue weighted by molar-refractivity contribution is -0.217. The molecule has 2 aliphatic heterocycles. The minimum absolute atomic E-state index is 0.0445. The predicted molar refractivity (Wildman–Crippen MR) is 85.8 cm³/mol. The van der Waals surface area contributed by atoms with Crippen LogP contribution in [0.15, 0.2) is 30.3 Å². The second-order valence-electron chi connectivity index (χ2n) is 6.83. The molecule has 0 radical (unpaired) electrons. The second kappa shape index (κ2) is 6.99. The van der Waals surface area contributed by atoms with Gasteiger partial charge in [-0.25, -0.2) is 0 Å². The number of rotatable bonds is 3. The van der Waals surface area contributed by atoms with Crippen molar-refractivity contribution in [2.75, 3.05) is 13.2 Å². The van der Waals surface area contributed by atoms with Crippen molar-refractivity contribution < 1.29 is 19.0 Å². The summed E-state index contributed by atoms with van der Waals surface area (Å²) in [6.45, 7) is 5.32. The maximum absolute atomic E-state index is 12.5. The van der Waals surface area contributed by atoms with E-state index in [1.165, 1.54) is 0 Å². The molecule has 1 amide bonds. The Morgan fingerprint density at radius 1 is 1.17 bits per heavy atom. The Bertz CT molecular complexity index is 531. The quantitative estimate of drug-likeness (QED) is 0.930. The Morgan fingerprint density at radius 3 is 2.70 bits per heavy atom. The Labute approximate surface area is 137 Å². The summed E-state index contributed by atoms with van der Waals surface area (Å²) in [6, 6.07) is 9.88. The first-order chi connectivity index (χ1) is 11.0. The molecule has 1 aromatic rings. The van der Waals surface area contributed by atoms with Gasteiger partial charge < -0.3 is 19.5 Å². The number of hydrogen-bond acceptors (Lipinski definition) is 4. The number of amides is 1. The summed E-state index contributed by atoms with van der Waals surface area (Å²) in [7, 11) is 0. The van der Waals surface area contributed by atoms with Gasteiger partial charge in [0.05, 0.1) is 12.2 Å². The standard InChI is InChI=1S/C18H25NO4/c1-18(2)12-14(8-11-22-18)19-16(20)15-9-10-21-17(23-15)13-6-4-3-5-7-13/h3-7,14-15,17H,8-12H2,1-2H3,(H,19,20). The second-order valence-corrected chi connectivity index (χ2v) is 6.83. The smallest absolute Gasteiger partial charge is 0.249 e. The molecule has 5 heteroatoms. The monoisotopic (exact) mass is 319 g/mol. The van der Waals surface area contributed by atoms with Crippen LogP contribution < -0.4 is 5.32 Å². The van der Waals surface area contributed by atoms with Gasteiger partial charge in [-0.1, -0.05) is 30.3 Å². The van der Waals surface area contributed by atoms with E-state index >= 15 is 0 Å². The molecule has 1 aromatic carbocycles. The van der Waals surface area contributed by atoms with Crippen LogP contribution >= 0.6 is 0 Å². The van der Waals surface area contributed by atoms with Gasteiger partial charge in [0, 0.05) is 24.6 Å². The van der Waals surface area contributed by atoms with Crippen LogP contribution in [-0.2, 0) is 19.0 Å². The molecule has 3 rings (SSSR count). The normalized spacial score (nSPS) is 30.6. The van der Waals surface area contributed by atoms with Crippen molar-refractivity contribution >= 4 is 5.91 Å². The van der Waals surface area contributed by atoms with E-state index in [9.17, 15) is 4.79 Å². The maximum atomic E-state index is 12.5. The van der Waals surface area contributed by atoms with Crippen LogP contribution in [0.1, 0.15) is 45.0 Å². The van der Waals surface area contributed by atoms with Gasteiger partial charge in [-0.15, -0.1) is 0 Å². The minimum Gasteiger partial charge on any atom is -0.375 e. The maximum Gasteiger partial charge on any atom is 0.249 e. The van der Waals surface area contributed by atoms with E-state index in [1.807, 2.05) is 30.3 Å². The molecule has 0 spiro atoms. The fourth-order valence-electron chi connectivity index (χ4n) is 3.17. The van der Waals surface area contributed by atoms with Crippen LogP contribution in [0.3, 0.4) is 0 Å². The van der Waals surface area contributed by atoms with E-state index in [0.717, 1.165) is 18.4 Å². The zero-order chi connectivity index (χ0) is 16.3. The first-order valence-corrected chi connectivity index (χ1v) is 8.30. The Morgan fingerprint density at radius 2 is 1.96 bits per heavy atom. The molecule has 3 atom stereocenters. The average molecular weight is 319 g/mol. The number of ether oxygens (including phenoxy) is 3. The topological polar surface area (TPSA) is 56.8 Å². The third-order valence-corrected chi connectivity index (χ3v) is 4.34. The number of carbonyl (C=O) groups is 1. The summed E-state index contributed by atoms with van der Waals surface area (Å²) < 4.78 is 17.2. The van der Waals surface area contributed by atoms with Gasteiger partial charge in [0.15, 0.2) is 6.29 Å². The van der Waals surface area contributed by atoms with E-state index in [2.05, 4.69) is 19.2 Å². The van der Waals surface area contributed by atoms with Crippen molar-refractivity contribution in [3.63, 3.8) is 0 Å². The summed E-state index contributed by atoms with van der Waals surface area (Å²) in [5.74, 6) is -0.0445. The van der Waals surface area contributed by atoms with Crippen LogP contribution in [-0.4, -0.2) is 36.9 Å². The predicted octanol–water partition coefficient (Wildman–Crippen LogP) is 2.56. The lowest BCUT2D eigenvalue weighted by Crippen LogP contribution is -2.50. The summed E-state index contributed by atoms with van der Waals surface area (Å²) in [4.78, 5) is 12.5. The molecule has 23 heavy (non-hydrogen) atoms. The fraction of sp³-hybridized carbons (Fsp3) is 0.611. The molecular formula is C18H25NO4. The van der Waals surface area contributed by atoms with Crippen LogP contribution in [0.5, 0.6) is 0 Å². The van der Waals surface area contributed by atoms with Crippen molar-refractivity contribution in [2.24, 2.45) is 0 Å². The minimum atomic E-state index is -0.466. The zero-order valence-electron chi connectivity index (χ0n) is 13.8. The highest BCUT2D eigenvalue weighted by atomic mass is 16.7. The van der Waals surface area contributed by atoms with E-state index in [1.54, 1.807) is 0 Å². The number of nitrogens with one attached hydrogen (secondary N) is 1. The molecule has 5 nitrogen and oxygen atoms in total. The molecule has 0 saturated carbocycles. The van der Waals surface area contributed by atoms with Crippen molar-refractivity contribution in [3.05, 3.63) is 35.9 Å². The van der Waals surface area contributed by atoms with Gasteiger partial charge in [-0.3, -0.25) is 4.79 Å². The molecule has 0 bridgehead atoms. The molecule has 2 fully saturated rings. The highest BCUT2D eigenvalue weighted by Gasteiger charge is 2.34. The van der Waals surface area contributed by atoms with E-state index in [4.69, 9.17) is 14.2 Å². The highest BCUT2D eigenvalue weighted by molar-refractivity contribution is 5.81. The van der Waals surface area contributed by atoms with Gasteiger partial charge in [-0.05, 0) is 26.7 Å². The van der Waals surface area contributed by atoms with E-state index in [-0.39, 0.29) is 17.6 Å². The number of hydrogen-bond donors (Lipinski definition) is 1. The molecule has 1 N–H and O–H groups in total. The molecule has 2 saturated heterocycles. The third-order valence-electron chi connectivity index (χ3n) is 4.34. The average Bonchev–Trinajstić information content (AvgIpc) is 2.55. The third kappa shape index (κ3) is 4.31. The van der Waals surface area contributed by atoms with Crippen LogP contribution in [0.4, 0.5) is 0 Å². The zero-order valence-corrected chi connectivity index (χ0v) is 13.8. The van der Waals surface area contributed by atoms with Crippen molar-refractivity contribution in [1.82, 2.24) is 5.32 Å². The van der Waals surface area contributed by atoms with E-state index in [0.29, 0.717) is 19.6 Å². The molecule has 3 unspecified atom stereocenters. The fourth-order valence-corrected chi connectivity index (χ4v) is 3.17. The molecule has 2 aliphatic rings. The molecule has 2 heterocycles. The van der Waals surface area contributed by atoms with Gasteiger partial charge in [-0.2, -0.15) is 0 Å². The SMILES string of the molecule is CC1(C)CC(NC(=O)C2CCOC(c3ccccc3)O2)CCO1. The highest BCUT2D eigenvalue weighted by Crippen LogP contribution is 2.27. The largest absolute Gasteiger partial charge is 0.375 e. The molecule has 0 aliphatic carbocycles. The Hall–Kier alpha value is -1.43. The van der Waals surface area contributed by atoms with Gasteiger partial charge in [0.1, 0.15) is 6.10 Å². The van der Waals surface area contributed by atoms with Crippen LogP contribution in [0, 0.1) is 0 Å². The molecule has 126 valence electrons. The summed E-state index contributed by atoms with van der Waals surface area (Å²) in [5.41, 5.74) is 0.761. The number of carbonyl (C=O) groups excluding carboxylic acids is 1. The van der Waals surface area contributed by atoms with Crippen LogP contribution in [0.25, 0.3) is 0 Å². The van der Waals surface area contributed by atoms with Crippen molar-refractivity contribution in [3.8, 4) is 0 Å². The summed E-state index contributed by atoms with van der Waals surface area (Å²) in [5, 5.41) is 3.12. The molecular weight excluding hydrogens is 294 g/mol. The Balaban J connectivity index is 1.57. The van der Waals surface area contributed by atoms with E-state index < -0.39 is 12.4 Å². The van der Waals surface area contributed by atoms with Gasteiger partial charge in [0.25, 0.3) is 0 Å². The summed E-state index contributed by atoms with van der Waals surface area (Å²) >= 11 is 0. The van der Waals surface area contributed by atoms with Crippen molar-refractivity contribution in [1.29, 1.82) is 0 Å². The lowest BCUT2D eigenvalue weighted by atomic mass is 9.94. The summed E-state index contributed by atoms with van der Waals surface area (Å²) in [6.07, 6.45) is 1.33. The Kier molecular flexibility index (Phi) is 4.99. The van der Waals surface area contributed by atoms with Gasteiger partial charge in [0.2, 0.25) is 5.91 Å².